The third-order valence-electron chi connectivity index (χ3n) is 3.52. The molecule has 2 aliphatic rings. The van der Waals surface area contributed by atoms with E-state index in [1.54, 1.807) is 0 Å². The summed E-state index contributed by atoms with van der Waals surface area (Å²) in [5, 5.41) is 3.32. The van der Waals surface area contributed by atoms with Gasteiger partial charge in [-0.05, 0) is 26.4 Å². The summed E-state index contributed by atoms with van der Waals surface area (Å²) in [7, 11) is 2.08. The number of likely N-dealkylation sites (tertiary alicyclic amines) is 2. The Morgan fingerprint density at radius 2 is 2.18 bits per heavy atom. The summed E-state index contributed by atoms with van der Waals surface area (Å²) < 4.78 is 0. The number of hydrogen-bond donors (Lipinski definition) is 1. The van der Waals surface area contributed by atoms with Crippen LogP contribution in [0.15, 0.2) is 0 Å². The van der Waals surface area contributed by atoms with Crippen LogP contribution in [0.5, 0.6) is 0 Å². The van der Waals surface area contributed by atoms with Gasteiger partial charge in [0.25, 0.3) is 0 Å². The van der Waals surface area contributed by atoms with E-state index in [0.717, 1.165) is 25.9 Å². The van der Waals surface area contributed by atoms with Crippen LogP contribution in [0, 0.1) is 0 Å². The maximum Gasteiger partial charge on any atom is 0.246 e. The quantitative estimate of drug-likeness (QED) is 0.691. The van der Waals surface area contributed by atoms with Crippen molar-refractivity contribution in [1.82, 2.24) is 15.1 Å². The number of nitrogens with zero attached hydrogens (tertiary/aromatic N) is 2. The van der Waals surface area contributed by atoms with Crippen molar-refractivity contribution in [3.8, 4) is 0 Å². The van der Waals surface area contributed by atoms with Crippen molar-refractivity contribution < 1.29 is 9.59 Å². The average Bonchev–Trinajstić information content (AvgIpc) is 2.79. The van der Waals surface area contributed by atoms with Gasteiger partial charge in [-0.2, -0.15) is 0 Å². The number of nitrogens with one attached hydrogen (secondary N) is 1. The highest BCUT2D eigenvalue weighted by Gasteiger charge is 2.39. The Hall–Kier alpha value is -0.940. The first-order valence-electron chi connectivity index (χ1n) is 6.40. The maximum absolute atomic E-state index is 12.0. The molecule has 1 N–H and O–H groups in total. The van der Waals surface area contributed by atoms with Crippen molar-refractivity contribution in [2.75, 3.05) is 26.7 Å². The topological polar surface area (TPSA) is 52.7 Å². The van der Waals surface area contributed by atoms with Gasteiger partial charge in [0.15, 0.2) is 0 Å². The molecule has 2 saturated heterocycles. The van der Waals surface area contributed by atoms with E-state index in [-0.39, 0.29) is 17.9 Å². The van der Waals surface area contributed by atoms with E-state index in [4.69, 9.17) is 0 Å². The lowest BCUT2D eigenvalue weighted by atomic mass is 10.2. The molecule has 0 saturated carbocycles. The first kappa shape index (κ1) is 12.5. The van der Waals surface area contributed by atoms with Gasteiger partial charge in [-0.3, -0.25) is 14.5 Å². The highest BCUT2D eigenvalue weighted by atomic mass is 16.2. The molecule has 96 valence electrons. The summed E-state index contributed by atoms with van der Waals surface area (Å²) in [5.74, 6) is -0.0629. The van der Waals surface area contributed by atoms with Gasteiger partial charge in [-0.25, -0.2) is 0 Å². The fourth-order valence-electron chi connectivity index (χ4n) is 2.63. The lowest BCUT2D eigenvalue weighted by Crippen LogP contribution is -2.44. The van der Waals surface area contributed by atoms with Crippen LogP contribution >= 0.6 is 0 Å². The molecule has 5 nitrogen and oxygen atoms in total. The van der Waals surface area contributed by atoms with Crippen molar-refractivity contribution in [2.45, 2.75) is 38.3 Å². The maximum atomic E-state index is 12.0. The molecule has 2 aliphatic heterocycles. The van der Waals surface area contributed by atoms with E-state index in [1.165, 1.54) is 4.90 Å². The van der Waals surface area contributed by atoms with Gasteiger partial charge in [0.1, 0.15) is 0 Å². The Morgan fingerprint density at radius 3 is 2.76 bits per heavy atom. The van der Waals surface area contributed by atoms with Gasteiger partial charge in [0.2, 0.25) is 11.8 Å². The van der Waals surface area contributed by atoms with Crippen LogP contribution in [0.3, 0.4) is 0 Å². The van der Waals surface area contributed by atoms with Crippen molar-refractivity contribution in [2.24, 2.45) is 0 Å². The summed E-state index contributed by atoms with van der Waals surface area (Å²) in [6.45, 7) is 4.56. The summed E-state index contributed by atoms with van der Waals surface area (Å²) >= 11 is 0. The first-order chi connectivity index (χ1) is 8.11. The predicted molar refractivity (Wildman–Crippen MR) is 64.5 cm³/mol. The molecule has 5 heteroatoms. The summed E-state index contributed by atoms with van der Waals surface area (Å²) in [6, 6.07) is 0.0638. The number of imide groups is 1. The van der Waals surface area contributed by atoms with Crippen molar-refractivity contribution in [3.05, 3.63) is 0 Å². The number of carbonyl (C=O) groups excluding carboxylic acids is 2. The van der Waals surface area contributed by atoms with Crippen LogP contribution in [0.4, 0.5) is 0 Å². The normalized spacial score (nSPS) is 30.6. The van der Waals surface area contributed by atoms with Gasteiger partial charge in [0, 0.05) is 19.1 Å². The van der Waals surface area contributed by atoms with Crippen LogP contribution < -0.4 is 5.32 Å². The number of carbonyl (C=O) groups is 2. The van der Waals surface area contributed by atoms with Gasteiger partial charge in [-0.15, -0.1) is 0 Å². The van der Waals surface area contributed by atoms with E-state index >= 15 is 0 Å². The smallest absolute Gasteiger partial charge is 0.246 e. The van der Waals surface area contributed by atoms with Crippen LogP contribution in [-0.4, -0.2) is 60.4 Å². The monoisotopic (exact) mass is 239 g/mol. The molecule has 0 aromatic heterocycles. The molecular formula is C12H21N3O2. The van der Waals surface area contributed by atoms with Gasteiger partial charge < -0.3 is 10.2 Å². The molecule has 0 aromatic carbocycles. The predicted octanol–water partition coefficient (Wildman–Crippen LogP) is -0.182. The molecule has 0 aliphatic carbocycles. The molecule has 2 heterocycles. The lowest BCUT2D eigenvalue weighted by molar-refractivity contribution is -0.138. The fourth-order valence-corrected chi connectivity index (χ4v) is 2.63. The number of amides is 2. The minimum absolute atomic E-state index is 0.0271. The van der Waals surface area contributed by atoms with Gasteiger partial charge in [-0.1, -0.05) is 6.92 Å². The molecule has 0 spiro atoms. The number of likely N-dealkylation sites (N-methyl/N-ethyl adjacent to an activating group) is 1. The molecule has 0 radical (unpaired) electrons. The zero-order valence-corrected chi connectivity index (χ0v) is 10.6. The Balaban J connectivity index is 1.90. The molecule has 2 rings (SSSR count). The van der Waals surface area contributed by atoms with Crippen LogP contribution in [-0.2, 0) is 9.59 Å². The SMILES string of the molecule is CCCN1C(=O)CC(NC2CCN(C)C2)C1=O. The minimum Gasteiger partial charge on any atom is -0.305 e. The van der Waals surface area contributed by atoms with E-state index in [9.17, 15) is 9.59 Å². The Morgan fingerprint density at radius 1 is 1.41 bits per heavy atom. The Labute approximate surface area is 102 Å². The summed E-state index contributed by atoms with van der Waals surface area (Å²) in [5.41, 5.74) is 0. The largest absolute Gasteiger partial charge is 0.305 e. The minimum atomic E-state index is -0.287. The second kappa shape index (κ2) is 5.14. The Bertz CT molecular complexity index is 319. The zero-order chi connectivity index (χ0) is 12.4. The summed E-state index contributed by atoms with van der Waals surface area (Å²) in [4.78, 5) is 27.3. The van der Waals surface area contributed by atoms with Crippen molar-refractivity contribution in [3.63, 3.8) is 0 Å². The second-order valence-corrected chi connectivity index (χ2v) is 5.05. The van der Waals surface area contributed by atoms with Crippen LogP contribution in [0.1, 0.15) is 26.2 Å². The molecule has 0 bridgehead atoms. The highest BCUT2D eigenvalue weighted by molar-refractivity contribution is 6.05. The zero-order valence-electron chi connectivity index (χ0n) is 10.6. The molecule has 2 unspecified atom stereocenters. The Kier molecular flexibility index (Phi) is 3.79. The average molecular weight is 239 g/mol. The third-order valence-corrected chi connectivity index (χ3v) is 3.52. The van der Waals surface area contributed by atoms with E-state index < -0.39 is 0 Å². The van der Waals surface area contributed by atoms with E-state index in [1.807, 2.05) is 6.92 Å². The molecule has 2 fully saturated rings. The second-order valence-electron chi connectivity index (χ2n) is 5.05. The van der Waals surface area contributed by atoms with Gasteiger partial charge in [0.05, 0.1) is 12.5 Å². The fraction of sp³-hybridized carbons (Fsp3) is 0.833. The van der Waals surface area contributed by atoms with Crippen LogP contribution in [0.25, 0.3) is 0 Å². The first-order valence-corrected chi connectivity index (χ1v) is 6.40. The standard InChI is InChI=1S/C12H21N3O2/c1-3-5-15-11(16)7-10(12(15)17)13-9-4-6-14(2)8-9/h9-10,13H,3-8H2,1-2H3. The highest BCUT2D eigenvalue weighted by Crippen LogP contribution is 2.16. The molecular weight excluding hydrogens is 218 g/mol. The van der Waals surface area contributed by atoms with Gasteiger partial charge >= 0.3 is 0 Å². The van der Waals surface area contributed by atoms with Crippen molar-refractivity contribution >= 4 is 11.8 Å². The summed E-state index contributed by atoms with van der Waals surface area (Å²) in [6.07, 6.45) is 2.22. The number of hydrogen-bond acceptors (Lipinski definition) is 4. The molecule has 0 aromatic rings. The van der Waals surface area contributed by atoms with E-state index in [0.29, 0.717) is 19.0 Å². The number of rotatable bonds is 4. The third kappa shape index (κ3) is 2.66. The molecule has 17 heavy (non-hydrogen) atoms. The van der Waals surface area contributed by atoms with Crippen LogP contribution in [0.2, 0.25) is 0 Å². The van der Waals surface area contributed by atoms with Crippen molar-refractivity contribution in [1.29, 1.82) is 0 Å². The molecule has 2 amide bonds. The lowest BCUT2D eigenvalue weighted by Gasteiger charge is -2.18. The molecule has 2 atom stereocenters. The van der Waals surface area contributed by atoms with E-state index in [2.05, 4.69) is 17.3 Å².